The molecular formula is C30H44N6O4. The molecule has 0 bridgehead atoms. The number of amides is 2. The van der Waals surface area contributed by atoms with Crippen molar-refractivity contribution in [2.24, 2.45) is 23.3 Å². The molecule has 2 unspecified atom stereocenters. The third-order valence-corrected chi connectivity index (χ3v) is 6.93. The maximum Gasteiger partial charge on any atom is 0.249 e. The summed E-state index contributed by atoms with van der Waals surface area (Å²) in [6.07, 6.45) is 11.8. The number of nitrogens with two attached hydrogens (primary N) is 2. The summed E-state index contributed by atoms with van der Waals surface area (Å²) >= 11 is 0. The predicted octanol–water partition coefficient (Wildman–Crippen LogP) is 3.31. The first-order chi connectivity index (χ1) is 19.1. The van der Waals surface area contributed by atoms with Crippen molar-refractivity contribution in [1.82, 2.24) is 20.6 Å². The van der Waals surface area contributed by atoms with Gasteiger partial charge in [0.25, 0.3) is 0 Å². The van der Waals surface area contributed by atoms with Crippen LogP contribution in [-0.4, -0.2) is 58.5 Å². The maximum absolute atomic E-state index is 13.1. The summed E-state index contributed by atoms with van der Waals surface area (Å²) in [6, 6.07) is 2.11. The summed E-state index contributed by atoms with van der Waals surface area (Å²) in [5.41, 5.74) is 11.8. The van der Waals surface area contributed by atoms with Gasteiger partial charge in [-0.05, 0) is 49.9 Å². The van der Waals surface area contributed by atoms with Gasteiger partial charge in [-0.1, -0.05) is 53.4 Å². The molecule has 2 rings (SSSR count). The molecule has 2 amide bonds. The number of hydrogen-bond acceptors (Lipinski definition) is 8. The molecule has 0 aliphatic heterocycles. The van der Waals surface area contributed by atoms with E-state index in [4.69, 9.17) is 11.5 Å². The van der Waals surface area contributed by atoms with Gasteiger partial charge in [-0.15, -0.1) is 0 Å². The highest BCUT2D eigenvalue weighted by Gasteiger charge is 2.27. The van der Waals surface area contributed by atoms with Crippen LogP contribution in [0.3, 0.4) is 0 Å². The SMILES string of the molecule is CC(C)C(NCCCCCCCCNC(C(=O)c1cnccc1C(N)=O)C(C)C)C(=O)c1cnccc1C(N)=O. The number of unbranched alkanes of at least 4 members (excludes halogenated alkanes) is 5. The number of nitrogens with one attached hydrogen (secondary N) is 2. The van der Waals surface area contributed by atoms with Crippen LogP contribution in [0.15, 0.2) is 36.9 Å². The molecular weight excluding hydrogens is 508 g/mol. The van der Waals surface area contributed by atoms with Gasteiger partial charge in [0.15, 0.2) is 11.6 Å². The average Bonchev–Trinajstić information content (AvgIpc) is 2.92. The van der Waals surface area contributed by atoms with Gasteiger partial charge in [0.2, 0.25) is 11.8 Å². The number of pyridine rings is 2. The summed E-state index contributed by atoms with van der Waals surface area (Å²) in [7, 11) is 0. The summed E-state index contributed by atoms with van der Waals surface area (Å²) in [4.78, 5) is 57.6. The van der Waals surface area contributed by atoms with Gasteiger partial charge in [-0.25, -0.2) is 0 Å². The molecule has 218 valence electrons. The zero-order valence-electron chi connectivity index (χ0n) is 24.1. The lowest BCUT2D eigenvalue weighted by atomic mass is 9.93. The van der Waals surface area contributed by atoms with Crippen molar-refractivity contribution in [2.75, 3.05) is 13.1 Å². The van der Waals surface area contributed by atoms with Crippen LogP contribution in [0.4, 0.5) is 0 Å². The number of carbonyl (C=O) groups excluding carboxylic acids is 4. The van der Waals surface area contributed by atoms with E-state index < -0.39 is 23.9 Å². The highest BCUT2D eigenvalue weighted by Crippen LogP contribution is 2.16. The van der Waals surface area contributed by atoms with E-state index in [-0.39, 0.29) is 45.7 Å². The highest BCUT2D eigenvalue weighted by atomic mass is 16.2. The number of aromatic nitrogens is 2. The van der Waals surface area contributed by atoms with Gasteiger partial charge in [0.1, 0.15) is 0 Å². The second-order valence-corrected chi connectivity index (χ2v) is 10.8. The van der Waals surface area contributed by atoms with Crippen LogP contribution in [0.1, 0.15) is 108 Å². The van der Waals surface area contributed by atoms with E-state index in [1.54, 1.807) is 0 Å². The number of Topliss-reactive ketones (excluding diaryl/α,β-unsaturated/α-hetero) is 2. The molecule has 10 heteroatoms. The maximum atomic E-state index is 13.1. The van der Waals surface area contributed by atoms with Crippen molar-refractivity contribution >= 4 is 23.4 Å². The van der Waals surface area contributed by atoms with Crippen LogP contribution >= 0.6 is 0 Å². The Bertz CT molecular complexity index is 1060. The molecule has 6 N–H and O–H groups in total. The number of hydrogen-bond donors (Lipinski definition) is 4. The van der Waals surface area contributed by atoms with Crippen LogP contribution in [0.2, 0.25) is 0 Å². The van der Waals surface area contributed by atoms with E-state index in [0.29, 0.717) is 13.1 Å². The lowest BCUT2D eigenvalue weighted by Crippen LogP contribution is -2.42. The van der Waals surface area contributed by atoms with Gasteiger partial charge in [-0.3, -0.25) is 29.1 Å². The Labute approximate surface area is 237 Å². The van der Waals surface area contributed by atoms with Gasteiger partial charge >= 0.3 is 0 Å². The Kier molecular flexibility index (Phi) is 13.5. The average molecular weight is 553 g/mol. The Hall–Kier alpha value is -3.50. The predicted molar refractivity (Wildman–Crippen MR) is 155 cm³/mol. The standard InChI is InChI=1S/C30H44N6O4/c1-19(2)25(27(37)23-17-33-15-11-21(23)29(31)39)35-13-9-7-5-6-8-10-14-36-26(20(3)4)28(38)24-18-34-16-12-22(24)30(32)40/h11-12,15-20,25-26,35-36H,5-10,13-14H2,1-4H3,(H2,31,39)(H2,32,40). The smallest absolute Gasteiger partial charge is 0.249 e. The van der Waals surface area contributed by atoms with E-state index in [0.717, 1.165) is 38.5 Å². The molecule has 0 radical (unpaired) electrons. The summed E-state index contributed by atoms with van der Waals surface area (Å²) in [5, 5.41) is 6.70. The van der Waals surface area contributed by atoms with Crippen molar-refractivity contribution in [2.45, 2.75) is 78.3 Å². The van der Waals surface area contributed by atoms with Gasteiger partial charge in [0.05, 0.1) is 34.3 Å². The van der Waals surface area contributed by atoms with Crippen LogP contribution in [0.5, 0.6) is 0 Å². The normalized spacial score (nSPS) is 12.8. The first-order valence-electron chi connectivity index (χ1n) is 14.1. The van der Waals surface area contributed by atoms with Crippen LogP contribution in [0.25, 0.3) is 0 Å². The van der Waals surface area contributed by atoms with Gasteiger partial charge in [0, 0.05) is 24.8 Å². The minimum Gasteiger partial charge on any atom is -0.366 e. The molecule has 0 aromatic carbocycles. The van der Waals surface area contributed by atoms with E-state index in [1.165, 1.54) is 36.9 Å². The van der Waals surface area contributed by atoms with Gasteiger partial charge < -0.3 is 22.1 Å². The fourth-order valence-corrected chi connectivity index (χ4v) is 4.68. The van der Waals surface area contributed by atoms with Crippen molar-refractivity contribution in [3.63, 3.8) is 0 Å². The Morgan fingerprint density at radius 3 is 1.30 bits per heavy atom. The molecule has 2 heterocycles. The van der Waals surface area contributed by atoms with Crippen LogP contribution in [0, 0.1) is 11.8 Å². The third-order valence-electron chi connectivity index (χ3n) is 6.93. The molecule has 10 nitrogen and oxygen atoms in total. The van der Waals surface area contributed by atoms with Crippen LogP contribution < -0.4 is 22.1 Å². The molecule has 0 aliphatic rings. The molecule has 0 spiro atoms. The molecule has 0 saturated heterocycles. The first-order valence-corrected chi connectivity index (χ1v) is 14.1. The van der Waals surface area contributed by atoms with E-state index >= 15 is 0 Å². The fraction of sp³-hybridized carbons (Fsp3) is 0.533. The topological polar surface area (TPSA) is 170 Å². The summed E-state index contributed by atoms with van der Waals surface area (Å²) in [5.74, 6) is -1.53. The van der Waals surface area contributed by atoms with Crippen molar-refractivity contribution in [3.8, 4) is 0 Å². The van der Waals surface area contributed by atoms with Crippen molar-refractivity contribution in [3.05, 3.63) is 59.2 Å². The number of carbonyl (C=O) groups is 4. The second-order valence-electron chi connectivity index (χ2n) is 10.8. The largest absolute Gasteiger partial charge is 0.366 e. The number of primary amides is 2. The van der Waals surface area contributed by atoms with Crippen LogP contribution in [-0.2, 0) is 0 Å². The number of rotatable bonds is 19. The zero-order valence-corrected chi connectivity index (χ0v) is 24.1. The van der Waals surface area contributed by atoms with E-state index in [9.17, 15) is 19.2 Å². The van der Waals surface area contributed by atoms with E-state index in [1.807, 2.05) is 27.7 Å². The number of ketones is 2. The molecule has 2 aromatic rings. The van der Waals surface area contributed by atoms with Crippen molar-refractivity contribution < 1.29 is 19.2 Å². The van der Waals surface area contributed by atoms with E-state index in [2.05, 4.69) is 20.6 Å². The summed E-state index contributed by atoms with van der Waals surface area (Å²) < 4.78 is 0. The minimum absolute atomic E-state index is 0.0445. The highest BCUT2D eigenvalue weighted by molar-refractivity contribution is 6.10. The zero-order chi connectivity index (χ0) is 29.7. The molecule has 40 heavy (non-hydrogen) atoms. The molecule has 2 aromatic heterocycles. The molecule has 0 saturated carbocycles. The minimum atomic E-state index is -0.638. The molecule has 2 atom stereocenters. The van der Waals surface area contributed by atoms with Crippen molar-refractivity contribution in [1.29, 1.82) is 0 Å². The van der Waals surface area contributed by atoms with Gasteiger partial charge in [-0.2, -0.15) is 0 Å². The molecule has 0 fully saturated rings. The second kappa shape index (κ2) is 16.6. The summed E-state index contributed by atoms with van der Waals surface area (Å²) in [6.45, 7) is 9.26. The third kappa shape index (κ3) is 9.60. The lowest BCUT2D eigenvalue weighted by Gasteiger charge is -2.22. The molecule has 0 aliphatic carbocycles. The Morgan fingerprint density at radius 2 is 0.975 bits per heavy atom. The lowest BCUT2D eigenvalue weighted by molar-refractivity contribution is 0.0901. The monoisotopic (exact) mass is 552 g/mol. The Morgan fingerprint density at radius 1 is 0.625 bits per heavy atom. The quantitative estimate of drug-likeness (QED) is 0.152. The Balaban J connectivity index is 1.70. The first kappa shape index (κ1) is 32.7. The number of nitrogens with zero attached hydrogens (tertiary/aromatic N) is 2. The fourth-order valence-electron chi connectivity index (χ4n) is 4.68.